The van der Waals surface area contributed by atoms with E-state index in [1.807, 2.05) is 54.6 Å². The van der Waals surface area contributed by atoms with Crippen molar-refractivity contribution in [3.05, 3.63) is 102 Å². The second kappa shape index (κ2) is 9.38. The summed E-state index contributed by atoms with van der Waals surface area (Å²) >= 11 is 0. The van der Waals surface area contributed by atoms with E-state index in [2.05, 4.69) is 36.4 Å². The van der Waals surface area contributed by atoms with Gasteiger partial charge in [-0.2, -0.15) is 0 Å². The first-order chi connectivity index (χ1) is 13.7. The smallest absolute Gasteiger partial charge is 0.341 e. The molecule has 0 atom stereocenters. The van der Waals surface area contributed by atoms with Crippen molar-refractivity contribution < 1.29 is 14.3 Å². The molecule has 0 spiro atoms. The highest BCUT2D eigenvalue weighted by Gasteiger charge is 2.15. The number of rotatable bonds is 6. The molecule has 3 aromatic carbocycles. The standard InChI is InChI=1S/C25H22O3/c1-27-18-24(25(26)28-2)23-14-8-7-12-21(23)11-4-3-9-19-15-16-20-10-5-6-13-22(20)17-19/h3-18H,1-2H3/b9-3?,11-4?,24-18+. The van der Waals surface area contributed by atoms with E-state index in [0.29, 0.717) is 5.57 Å². The van der Waals surface area contributed by atoms with Crippen LogP contribution >= 0.6 is 0 Å². The van der Waals surface area contributed by atoms with Gasteiger partial charge in [-0.3, -0.25) is 0 Å². The number of ether oxygens (including phenoxy) is 2. The summed E-state index contributed by atoms with van der Waals surface area (Å²) in [4.78, 5) is 12.1. The lowest BCUT2D eigenvalue weighted by Crippen LogP contribution is -2.05. The van der Waals surface area contributed by atoms with Crippen LogP contribution < -0.4 is 0 Å². The Morgan fingerprint density at radius 3 is 2.32 bits per heavy atom. The quantitative estimate of drug-likeness (QED) is 0.241. The van der Waals surface area contributed by atoms with Crippen molar-refractivity contribution in [2.24, 2.45) is 0 Å². The molecule has 3 rings (SSSR count). The number of carbonyl (C=O) groups excluding carboxylic acids is 1. The van der Waals surface area contributed by atoms with Crippen molar-refractivity contribution in [1.82, 2.24) is 0 Å². The largest absolute Gasteiger partial charge is 0.503 e. The highest BCUT2D eigenvalue weighted by atomic mass is 16.5. The number of methoxy groups -OCH3 is 2. The predicted octanol–water partition coefficient (Wildman–Crippen LogP) is 5.73. The van der Waals surface area contributed by atoms with Crippen LogP contribution in [0.15, 0.2) is 85.1 Å². The van der Waals surface area contributed by atoms with Crippen molar-refractivity contribution in [2.75, 3.05) is 14.2 Å². The maximum absolute atomic E-state index is 12.1. The van der Waals surface area contributed by atoms with Crippen molar-refractivity contribution >= 4 is 34.5 Å². The second-order valence-corrected chi connectivity index (χ2v) is 6.17. The summed E-state index contributed by atoms with van der Waals surface area (Å²) in [5.41, 5.74) is 3.17. The summed E-state index contributed by atoms with van der Waals surface area (Å²) < 4.78 is 9.92. The van der Waals surface area contributed by atoms with Gasteiger partial charge in [0.2, 0.25) is 0 Å². The summed E-state index contributed by atoms with van der Waals surface area (Å²) in [6, 6.07) is 22.3. The fraction of sp³-hybridized carbons (Fsp3) is 0.0800. The average molecular weight is 370 g/mol. The molecule has 3 nitrogen and oxygen atoms in total. The fourth-order valence-corrected chi connectivity index (χ4v) is 2.97. The molecule has 3 heteroatoms. The Bertz CT molecular complexity index is 1060. The molecule has 140 valence electrons. The molecule has 0 amide bonds. The number of fused-ring (bicyclic) bond motifs is 1. The lowest BCUT2D eigenvalue weighted by Gasteiger charge is -2.08. The van der Waals surface area contributed by atoms with Crippen LogP contribution in [-0.4, -0.2) is 20.2 Å². The third-order valence-corrected chi connectivity index (χ3v) is 4.34. The first-order valence-electron chi connectivity index (χ1n) is 8.97. The summed E-state index contributed by atoms with van der Waals surface area (Å²) in [5.74, 6) is -0.436. The predicted molar refractivity (Wildman–Crippen MR) is 115 cm³/mol. The number of hydrogen-bond donors (Lipinski definition) is 0. The second-order valence-electron chi connectivity index (χ2n) is 6.17. The van der Waals surface area contributed by atoms with Crippen molar-refractivity contribution in [3.63, 3.8) is 0 Å². The monoisotopic (exact) mass is 370 g/mol. The van der Waals surface area contributed by atoms with Gasteiger partial charge in [-0.25, -0.2) is 4.79 Å². The van der Waals surface area contributed by atoms with Gasteiger partial charge in [0.15, 0.2) is 0 Å². The number of allylic oxidation sites excluding steroid dienone is 2. The third-order valence-electron chi connectivity index (χ3n) is 4.34. The van der Waals surface area contributed by atoms with Gasteiger partial charge < -0.3 is 9.47 Å². The highest BCUT2D eigenvalue weighted by molar-refractivity contribution is 6.17. The van der Waals surface area contributed by atoms with Crippen LogP contribution in [-0.2, 0) is 14.3 Å². The maximum Gasteiger partial charge on any atom is 0.341 e. The molecule has 0 aromatic heterocycles. The van der Waals surface area contributed by atoms with Gasteiger partial charge >= 0.3 is 5.97 Å². The van der Waals surface area contributed by atoms with Crippen LogP contribution in [0.5, 0.6) is 0 Å². The molecule has 0 aliphatic rings. The highest BCUT2D eigenvalue weighted by Crippen LogP contribution is 2.22. The first kappa shape index (κ1) is 19.2. The lowest BCUT2D eigenvalue weighted by molar-refractivity contribution is -0.133. The van der Waals surface area contributed by atoms with Gasteiger partial charge in [-0.1, -0.05) is 85.0 Å². The van der Waals surface area contributed by atoms with E-state index in [1.165, 1.54) is 31.3 Å². The molecular weight excluding hydrogens is 348 g/mol. The van der Waals surface area contributed by atoms with E-state index >= 15 is 0 Å². The minimum Gasteiger partial charge on any atom is -0.503 e. The van der Waals surface area contributed by atoms with E-state index in [1.54, 1.807) is 0 Å². The molecule has 0 unspecified atom stereocenters. The lowest BCUT2D eigenvalue weighted by atomic mass is 10.00. The molecular formula is C25H22O3. The molecule has 0 bridgehead atoms. The molecule has 0 aliphatic heterocycles. The number of hydrogen-bond acceptors (Lipinski definition) is 3. The van der Waals surface area contributed by atoms with Crippen LogP contribution in [0.25, 0.3) is 28.5 Å². The summed E-state index contributed by atoms with van der Waals surface area (Å²) in [6.07, 6.45) is 9.36. The zero-order valence-corrected chi connectivity index (χ0v) is 16.0. The van der Waals surface area contributed by atoms with Crippen LogP contribution in [0.3, 0.4) is 0 Å². The van der Waals surface area contributed by atoms with Gasteiger partial charge in [-0.05, 0) is 33.5 Å². The molecule has 0 aliphatic carbocycles. The number of carbonyl (C=O) groups is 1. The Labute approximate surface area is 165 Å². The van der Waals surface area contributed by atoms with Gasteiger partial charge in [-0.15, -0.1) is 0 Å². The molecule has 0 fully saturated rings. The minimum absolute atomic E-state index is 0.378. The van der Waals surface area contributed by atoms with Crippen molar-refractivity contribution in [1.29, 1.82) is 0 Å². The Morgan fingerprint density at radius 1 is 0.821 bits per heavy atom. The molecule has 0 saturated heterocycles. The molecule has 28 heavy (non-hydrogen) atoms. The normalized spacial score (nSPS) is 12.0. The molecule has 3 aromatic rings. The van der Waals surface area contributed by atoms with Gasteiger partial charge in [0.05, 0.1) is 20.5 Å². The van der Waals surface area contributed by atoms with E-state index in [0.717, 1.165) is 16.7 Å². The first-order valence-corrected chi connectivity index (χ1v) is 8.97. The van der Waals surface area contributed by atoms with Crippen molar-refractivity contribution in [3.8, 4) is 0 Å². The van der Waals surface area contributed by atoms with E-state index in [9.17, 15) is 4.79 Å². The zero-order valence-electron chi connectivity index (χ0n) is 16.0. The Balaban J connectivity index is 1.83. The van der Waals surface area contributed by atoms with Crippen LogP contribution in [0.4, 0.5) is 0 Å². The molecule has 0 heterocycles. The summed E-state index contributed by atoms with van der Waals surface area (Å²) in [6.45, 7) is 0. The zero-order chi connectivity index (χ0) is 19.8. The molecule has 0 N–H and O–H groups in total. The van der Waals surface area contributed by atoms with Crippen molar-refractivity contribution in [2.45, 2.75) is 0 Å². The van der Waals surface area contributed by atoms with E-state index < -0.39 is 5.97 Å². The SMILES string of the molecule is CO/C=C(/C(=O)OC)c1ccccc1C=CC=Cc1ccc2ccccc2c1. The summed E-state index contributed by atoms with van der Waals surface area (Å²) in [7, 11) is 2.87. The molecule has 0 radical (unpaired) electrons. The van der Waals surface area contributed by atoms with E-state index in [4.69, 9.17) is 9.47 Å². The third kappa shape index (κ3) is 4.57. The van der Waals surface area contributed by atoms with Crippen LogP contribution in [0.1, 0.15) is 16.7 Å². The van der Waals surface area contributed by atoms with Gasteiger partial charge in [0.25, 0.3) is 0 Å². The topological polar surface area (TPSA) is 35.5 Å². The maximum atomic E-state index is 12.1. The van der Waals surface area contributed by atoms with Crippen LogP contribution in [0.2, 0.25) is 0 Å². The Hall–Kier alpha value is -3.59. The van der Waals surface area contributed by atoms with Gasteiger partial charge in [0.1, 0.15) is 5.57 Å². The average Bonchev–Trinajstić information content (AvgIpc) is 2.75. The Morgan fingerprint density at radius 2 is 1.54 bits per heavy atom. The minimum atomic E-state index is -0.436. The number of esters is 1. The van der Waals surface area contributed by atoms with Gasteiger partial charge in [0, 0.05) is 0 Å². The number of benzene rings is 3. The van der Waals surface area contributed by atoms with Crippen LogP contribution in [0, 0.1) is 0 Å². The Kier molecular flexibility index (Phi) is 6.42. The summed E-state index contributed by atoms with van der Waals surface area (Å²) in [5, 5.41) is 2.44. The molecule has 0 saturated carbocycles. The fourth-order valence-electron chi connectivity index (χ4n) is 2.97. The van der Waals surface area contributed by atoms with E-state index in [-0.39, 0.29) is 0 Å².